The molecule has 0 aliphatic rings. The second kappa shape index (κ2) is 8.03. The molecule has 0 aliphatic heterocycles. The number of aromatic nitrogens is 1. The highest BCUT2D eigenvalue weighted by Crippen LogP contribution is 2.32. The third kappa shape index (κ3) is 4.25. The topological polar surface area (TPSA) is 109 Å². The summed E-state index contributed by atoms with van der Waals surface area (Å²) in [7, 11) is 0. The average Bonchev–Trinajstić information content (AvgIpc) is 2.92. The number of aromatic hydroxyl groups is 1. The summed E-state index contributed by atoms with van der Waals surface area (Å²) in [5, 5.41) is 22.3. The second-order valence-electron chi connectivity index (χ2n) is 7.69. The first-order chi connectivity index (χ1) is 14.4. The number of rotatable bonds is 5. The summed E-state index contributed by atoms with van der Waals surface area (Å²) in [6, 6.07) is 8.31. The Bertz CT molecular complexity index is 1220. The second-order valence-corrected chi connectivity index (χ2v) is 8.12. The summed E-state index contributed by atoms with van der Waals surface area (Å²) in [6.45, 7) is 4.27. The lowest BCUT2D eigenvalue weighted by Gasteiger charge is -2.21. The molecule has 0 spiro atoms. The van der Waals surface area contributed by atoms with Crippen LogP contribution in [0.15, 0.2) is 36.4 Å². The Kier molecular flexibility index (Phi) is 5.78. The standard InChI is InChI=1S/C22H20ClFN2O5/c1-11-14(9-19(28)25-22(2,3)21(30)31)15-8-18(27)16(24)10-17(15)26(11)20(29)12-4-6-13(23)7-5-12/h4-8,10,27H,9H2,1-3H3,(H,25,28)(H,30,31). The van der Waals surface area contributed by atoms with Gasteiger partial charge in [0.15, 0.2) is 11.6 Å². The van der Waals surface area contributed by atoms with Crippen LogP contribution in [0, 0.1) is 12.7 Å². The SMILES string of the molecule is Cc1c(CC(=O)NC(C)(C)C(=O)O)c2cc(O)c(F)cc2n1C(=O)c1ccc(Cl)cc1. The van der Waals surface area contributed by atoms with E-state index in [2.05, 4.69) is 5.32 Å². The third-order valence-electron chi connectivity index (χ3n) is 5.02. The molecule has 1 heterocycles. The lowest BCUT2D eigenvalue weighted by atomic mass is 10.0. The van der Waals surface area contributed by atoms with Gasteiger partial charge in [-0.15, -0.1) is 0 Å². The van der Waals surface area contributed by atoms with Crippen molar-refractivity contribution in [3.8, 4) is 5.75 Å². The molecule has 162 valence electrons. The van der Waals surface area contributed by atoms with Gasteiger partial charge in [-0.1, -0.05) is 11.6 Å². The molecule has 3 rings (SSSR count). The van der Waals surface area contributed by atoms with E-state index in [0.717, 1.165) is 12.1 Å². The van der Waals surface area contributed by atoms with Crippen LogP contribution in [0.25, 0.3) is 10.9 Å². The zero-order valence-corrected chi connectivity index (χ0v) is 17.7. The van der Waals surface area contributed by atoms with Gasteiger partial charge in [0, 0.05) is 27.7 Å². The monoisotopic (exact) mass is 446 g/mol. The molecule has 0 aliphatic carbocycles. The summed E-state index contributed by atoms with van der Waals surface area (Å²) < 4.78 is 15.4. The number of fused-ring (bicyclic) bond motifs is 1. The number of hydrogen-bond donors (Lipinski definition) is 3. The van der Waals surface area contributed by atoms with Gasteiger partial charge in [-0.2, -0.15) is 0 Å². The predicted octanol–water partition coefficient (Wildman–Crippen LogP) is 3.66. The molecular formula is C22H20ClFN2O5. The van der Waals surface area contributed by atoms with Crippen molar-refractivity contribution in [1.29, 1.82) is 0 Å². The number of nitrogens with one attached hydrogen (secondary N) is 1. The Morgan fingerprint density at radius 3 is 2.35 bits per heavy atom. The highest BCUT2D eigenvalue weighted by atomic mass is 35.5. The maximum Gasteiger partial charge on any atom is 0.328 e. The van der Waals surface area contributed by atoms with E-state index >= 15 is 0 Å². The number of aliphatic carboxylic acids is 1. The molecule has 31 heavy (non-hydrogen) atoms. The normalized spacial score (nSPS) is 11.5. The summed E-state index contributed by atoms with van der Waals surface area (Å²) in [6.07, 6.45) is -0.273. The minimum absolute atomic E-state index is 0.174. The van der Waals surface area contributed by atoms with Crippen LogP contribution in [-0.2, 0) is 16.0 Å². The van der Waals surface area contributed by atoms with E-state index in [0.29, 0.717) is 27.2 Å². The van der Waals surface area contributed by atoms with Gasteiger partial charge in [0.05, 0.1) is 11.9 Å². The summed E-state index contributed by atoms with van der Waals surface area (Å²) in [5.41, 5.74) is -0.306. The van der Waals surface area contributed by atoms with Crippen LogP contribution in [0.1, 0.15) is 35.5 Å². The van der Waals surface area contributed by atoms with E-state index in [1.54, 1.807) is 19.1 Å². The number of nitrogens with zero attached hydrogens (tertiary/aromatic N) is 1. The maximum atomic E-state index is 14.1. The molecule has 0 radical (unpaired) electrons. The molecule has 1 amide bonds. The first kappa shape index (κ1) is 22.3. The van der Waals surface area contributed by atoms with Crippen LogP contribution >= 0.6 is 11.6 Å². The molecule has 2 aromatic carbocycles. The van der Waals surface area contributed by atoms with Crippen molar-refractivity contribution in [2.24, 2.45) is 0 Å². The molecule has 1 aromatic heterocycles. The summed E-state index contributed by atoms with van der Waals surface area (Å²) >= 11 is 5.88. The molecule has 3 aromatic rings. The fraction of sp³-hybridized carbons (Fsp3) is 0.227. The highest BCUT2D eigenvalue weighted by molar-refractivity contribution is 6.30. The van der Waals surface area contributed by atoms with Crippen LogP contribution in [-0.4, -0.2) is 38.1 Å². The van der Waals surface area contributed by atoms with Crippen LogP contribution in [0.4, 0.5) is 4.39 Å². The van der Waals surface area contributed by atoms with E-state index in [1.165, 1.54) is 30.5 Å². The van der Waals surface area contributed by atoms with Crippen molar-refractivity contribution < 1.29 is 29.0 Å². The fourth-order valence-electron chi connectivity index (χ4n) is 3.30. The largest absolute Gasteiger partial charge is 0.505 e. The average molecular weight is 447 g/mol. The Morgan fingerprint density at radius 1 is 1.16 bits per heavy atom. The Morgan fingerprint density at radius 2 is 1.77 bits per heavy atom. The van der Waals surface area contributed by atoms with Crippen LogP contribution in [0.5, 0.6) is 5.75 Å². The predicted molar refractivity (Wildman–Crippen MR) is 113 cm³/mol. The van der Waals surface area contributed by atoms with Crippen molar-refractivity contribution in [1.82, 2.24) is 9.88 Å². The maximum absolute atomic E-state index is 14.1. The number of phenolic OH excluding ortho intramolecular Hbond substituents is 1. The number of hydrogen-bond acceptors (Lipinski definition) is 4. The minimum Gasteiger partial charge on any atom is -0.505 e. The zero-order chi connectivity index (χ0) is 23.1. The molecule has 0 saturated heterocycles. The molecule has 0 unspecified atom stereocenters. The fourth-order valence-corrected chi connectivity index (χ4v) is 3.43. The zero-order valence-electron chi connectivity index (χ0n) is 17.0. The minimum atomic E-state index is -1.50. The van der Waals surface area contributed by atoms with E-state index < -0.39 is 34.9 Å². The number of halogens is 2. The number of carboxylic acid groups (broad SMARTS) is 1. The third-order valence-corrected chi connectivity index (χ3v) is 5.27. The molecule has 0 fully saturated rings. The van der Waals surface area contributed by atoms with Gasteiger partial charge in [-0.3, -0.25) is 14.2 Å². The summed E-state index contributed by atoms with van der Waals surface area (Å²) in [4.78, 5) is 37.0. The van der Waals surface area contributed by atoms with E-state index in [-0.39, 0.29) is 11.9 Å². The number of carbonyl (C=O) groups is 3. The molecule has 9 heteroatoms. The summed E-state index contributed by atoms with van der Waals surface area (Å²) in [5.74, 6) is -3.83. The highest BCUT2D eigenvalue weighted by Gasteiger charge is 2.30. The molecule has 0 saturated carbocycles. The van der Waals surface area contributed by atoms with Crippen molar-refractivity contribution in [2.75, 3.05) is 0 Å². The molecule has 7 nitrogen and oxygen atoms in total. The van der Waals surface area contributed by atoms with Crippen LogP contribution in [0.2, 0.25) is 5.02 Å². The molecule has 0 atom stereocenters. The van der Waals surface area contributed by atoms with Gasteiger partial charge in [0.2, 0.25) is 5.91 Å². The van der Waals surface area contributed by atoms with E-state index in [9.17, 15) is 29.0 Å². The Balaban J connectivity index is 2.12. The first-order valence-corrected chi connectivity index (χ1v) is 9.67. The lowest BCUT2D eigenvalue weighted by Crippen LogP contribution is -2.50. The van der Waals surface area contributed by atoms with Crippen LogP contribution < -0.4 is 5.32 Å². The van der Waals surface area contributed by atoms with Gasteiger partial charge < -0.3 is 15.5 Å². The first-order valence-electron chi connectivity index (χ1n) is 9.29. The smallest absolute Gasteiger partial charge is 0.328 e. The molecule has 0 bridgehead atoms. The van der Waals surface area contributed by atoms with Gasteiger partial charge >= 0.3 is 5.97 Å². The Labute approximate surface area is 182 Å². The number of carboxylic acids is 1. The van der Waals surface area contributed by atoms with Crippen molar-refractivity contribution in [3.63, 3.8) is 0 Å². The lowest BCUT2D eigenvalue weighted by molar-refractivity contribution is -0.145. The number of carbonyl (C=O) groups excluding carboxylic acids is 2. The van der Waals surface area contributed by atoms with E-state index in [1.807, 2.05) is 0 Å². The van der Waals surface area contributed by atoms with Crippen molar-refractivity contribution >= 4 is 40.3 Å². The molecule has 3 N–H and O–H groups in total. The van der Waals surface area contributed by atoms with Crippen molar-refractivity contribution in [2.45, 2.75) is 32.7 Å². The number of phenols is 1. The Hall–Kier alpha value is -3.39. The number of benzene rings is 2. The van der Waals surface area contributed by atoms with Gasteiger partial charge in [0.25, 0.3) is 5.91 Å². The van der Waals surface area contributed by atoms with E-state index in [4.69, 9.17) is 11.6 Å². The van der Waals surface area contributed by atoms with Crippen LogP contribution in [0.3, 0.4) is 0 Å². The van der Waals surface area contributed by atoms with Crippen molar-refractivity contribution in [3.05, 3.63) is 64.1 Å². The number of amides is 1. The van der Waals surface area contributed by atoms with Gasteiger partial charge in [-0.05, 0) is 56.7 Å². The van der Waals surface area contributed by atoms with Gasteiger partial charge in [0.1, 0.15) is 5.54 Å². The van der Waals surface area contributed by atoms with Gasteiger partial charge in [-0.25, -0.2) is 9.18 Å². The quantitative estimate of drug-likeness (QED) is 0.554. The molecular weight excluding hydrogens is 427 g/mol.